The van der Waals surface area contributed by atoms with Crippen molar-refractivity contribution < 1.29 is 13.2 Å². The average molecular weight is 417 g/mol. The summed E-state index contributed by atoms with van der Waals surface area (Å²) in [6, 6.07) is 13.9. The maximum atomic E-state index is 12.6. The molecule has 1 saturated heterocycles. The zero-order valence-electron chi connectivity index (χ0n) is 17.5. The molecule has 0 atom stereocenters. The number of nitrogens with one attached hydrogen (secondary N) is 1. The lowest BCUT2D eigenvalue weighted by Crippen LogP contribution is -2.25. The van der Waals surface area contributed by atoms with Crippen molar-refractivity contribution >= 4 is 15.7 Å². The van der Waals surface area contributed by atoms with E-state index < -0.39 is 10.0 Å². The van der Waals surface area contributed by atoms with Gasteiger partial charge >= 0.3 is 0 Å². The number of methoxy groups -OCH3 is 1. The molecule has 0 radical (unpaired) electrons. The van der Waals surface area contributed by atoms with Crippen molar-refractivity contribution in [1.82, 2.24) is 4.72 Å². The van der Waals surface area contributed by atoms with Crippen LogP contribution in [0.3, 0.4) is 0 Å². The maximum absolute atomic E-state index is 12.6. The van der Waals surface area contributed by atoms with Gasteiger partial charge in [-0.05, 0) is 68.0 Å². The standard InChI is InChI=1S/C23H32N2O3S/c1-19-9-14-22(28-2)23(18-19)29(26,27)24-15-7-8-20-10-12-21(13-11-20)25-16-5-3-4-6-17-25/h9-14,18,24H,3-8,15-17H2,1-2H3. The van der Waals surface area contributed by atoms with E-state index in [2.05, 4.69) is 33.9 Å². The van der Waals surface area contributed by atoms with Gasteiger partial charge < -0.3 is 9.64 Å². The Morgan fingerprint density at radius 1 is 1.00 bits per heavy atom. The minimum absolute atomic E-state index is 0.196. The number of benzene rings is 2. The molecule has 6 heteroatoms. The first-order valence-corrected chi connectivity index (χ1v) is 12.0. The molecule has 5 nitrogen and oxygen atoms in total. The number of rotatable bonds is 8. The van der Waals surface area contributed by atoms with Gasteiger partial charge in [0.15, 0.2) is 0 Å². The zero-order chi connectivity index (χ0) is 20.7. The highest BCUT2D eigenvalue weighted by Gasteiger charge is 2.19. The predicted octanol–water partition coefficient (Wildman–Crippen LogP) is 4.30. The van der Waals surface area contributed by atoms with Gasteiger partial charge in [0, 0.05) is 25.3 Å². The van der Waals surface area contributed by atoms with E-state index in [0.717, 1.165) is 31.5 Å². The summed E-state index contributed by atoms with van der Waals surface area (Å²) in [4.78, 5) is 2.67. The molecule has 29 heavy (non-hydrogen) atoms. The Kier molecular flexibility index (Phi) is 7.56. The molecule has 1 fully saturated rings. The van der Waals surface area contributed by atoms with E-state index in [-0.39, 0.29) is 4.90 Å². The first-order chi connectivity index (χ1) is 14.0. The third-order valence-corrected chi connectivity index (χ3v) is 6.93. The molecule has 1 heterocycles. The summed E-state index contributed by atoms with van der Waals surface area (Å²) in [5.74, 6) is 0.368. The Hall–Kier alpha value is -2.05. The Bertz CT molecular complexity index is 887. The zero-order valence-corrected chi connectivity index (χ0v) is 18.3. The second kappa shape index (κ2) is 10.1. The first kappa shape index (κ1) is 21.7. The molecule has 0 aromatic heterocycles. The quantitative estimate of drug-likeness (QED) is 0.652. The second-order valence-corrected chi connectivity index (χ2v) is 9.46. The Morgan fingerprint density at radius 3 is 2.34 bits per heavy atom. The van der Waals surface area contributed by atoms with Crippen LogP contribution in [0.1, 0.15) is 43.2 Å². The van der Waals surface area contributed by atoms with Crippen LogP contribution in [0.5, 0.6) is 5.75 Å². The highest BCUT2D eigenvalue weighted by Crippen LogP contribution is 2.24. The van der Waals surface area contributed by atoms with Gasteiger partial charge in [-0.25, -0.2) is 13.1 Å². The Labute approximate surface area is 175 Å². The molecule has 0 amide bonds. The van der Waals surface area contributed by atoms with Gasteiger partial charge in [0.1, 0.15) is 10.6 Å². The topological polar surface area (TPSA) is 58.6 Å². The minimum atomic E-state index is -3.59. The van der Waals surface area contributed by atoms with Crippen molar-refractivity contribution in [2.45, 2.75) is 50.3 Å². The fourth-order valence-corrected chi connectivity index (χ4v) is 5.10. The molecule has 1 aliphatic heterocycles. The van der Waals surface area contributed by atoms with Crippen LogP contribution in [-0.2, 0) is 16.4 Å². The number of anilines is 1. The van der Waals surface area contributed by atoms with E-state index in [1.807, 2.05) is 13.0 Å². The van der Waals surface area contributed by atoms with Crippen LogP contribution in [0.4, 0.5) is 5.69 Å². The number of aryl methyl sites for hydroxylation is 2. The van der Waals surface area contributed by atoms with E-state index in [1.165, 1.54) is 44.0 Å². The van der Waals surface area contributed by atoms with Gasteiger partial charge in [0.05, 0.1) is 7.11 Å². The van der Waals surface area contributed by atoms with E-state index >= 15 is 0 Å². The molecule has 1 aliphatic rings. The van der Waals surface area contributed by atoms with Gasteiger partial charge in [-0.2, -0.15) is 0 Å². The van der Waals surface area contributed by atoms with Gasteiger partial charge in [0.2, 0.25) is 10.0 Å². The van der Waals surface area contributed by atoms with E-state index in [9.17, 15) is 8.42 Å². The smallest absolute Gasteiger partial charge is 0.244 e. The lowest BCUT2D eigenvalue weighted by atomic mass is 10.1. The summed E-state index contributed by atoms with van der Waals surface area (Å²) >= 11 is 0. The molecular formula is C23H32N2O3S. The fraction of sp³-hybridized carbons (Fsp3) is 0.478. The molecule has 3 rings (SSSR count). The average Bonchev–Trinajstić information content (AvgIpc) is 3.01. The molecule has 0 saturated carbocycles. The van der Waals surface area contributed by atoms with Crippen LogP contribution in [0.15, 0.2) is 47.4 Å². The first-order valence-electron chi connectivity index (χ1n) is 10.5. The van der Waals surface area contributed by atoms with Gasteiger partial charge in [-0.3, -0.25) is 0 Å². The van der Waals surface area contributed by atoms with Crippen molar-refractivity contribution in [3.05, 3.63) is 53.6 Å². The summed E-state index contributed by atoms with van der Waals surface area (Å²) in [6.07, 6.45) is 6.79. The highest BCUT2D eigenvalue weighted by atomic mass is 32.2. The summed E-state index contributed by atoms with van der Waals surface area (Å²) in [6.45, 7) is 4.55. The van der Waals surface area contributed by atoms with Crippen LogP contribution in [0, 0.1) is 6.92 Å². The fourth-order valence-electron chi connectivity index (χ4n) is 3.77. The van der Waals surface area contributed by atoms with Crippen molar-refractivity contribution in [3.8, 4) is 5.75 Å². The third kappa shape index (κ3) is 5.97. The molecule has 0 bridgehead atoms. The van der Waals surface area contributed by atoms with Crippen molar-refractivity contribution in [3.63, 3.8) is 0 Å². The van der Waals surface area contributed by atoms with Crippen molar-refractivity contribution in [2.75, 3.05) is 31.6 Å². The Balaban J connectivity index is 1.52. The van der Waals surface area contributed by atoms with E-state index in [4.69, 9.17) is 4.74 Å². The molecule has 2 aromatic carbocycles. The largest absolute Gasteiger partial charge is 0.495 e. The lowest BCUT2D eigenvalue weighted by molar-refractivity contribution is 0.402. The molecule has 0 spiro atoms. The molecule has 158 valence electrons. The van der Waals surface area contributed by atoms with Crippen LogP contribution in [0.2, 0.25) is 0 Å². The molecule has 0 aliphatic carbocycles. The normalized spacial score (nSPS) is 15.2. The van der Waals surface area contributed by atoms with Crippen LogP contribution >= 0.6 is 0 Å². The van der Waals surface area contributed by atoms with Crippen LogP contribution < -0.4 is 14.4 Å². The number of ether oxygens (including phenoxy) is 1. The summed E-state index contributed by atoms with van der Waals surface area (Å²) in [7, 11) is -2.10. The molecular weight excluding hydrogens is 384 g/mol. The predicted molar refractivity (Wildman–Crippen MR) is 118 cm³/mol. The van der Waals surface area contributed by atoms with E-state index in [1.54, 1.807) is 12.1 Å². The monoisotopic (exact) mass is 416 g/mol. The minimum Gasteiger partial charge on any atom is -0.495 e. The van der Waals surface area contributed by atoms with Crippen molar-refractivity contribution in [1.29, 1.82) is 0 Å². The van der Waals surface area contributed by atoms with Crippen LogP contribution in [0.25, 0.3) is 0 Å². The molecule has 2 aromatic rings. The highest BCUT2D eigenvalue weighted by molar-refractivity contribution is 7.89. The van der Waals surface area contributed by atoms with E-state index in [0.29, 0.717) is 12.3 Å². The SMILES string of the molecule is COc1ccc(C)cc1S(=O)(=O)NCCCc1ccc(N2CCCCCC2)cc1. The van der Waals surface area contributed by atoms with Crippen molar-refractivity contribution in [2.24, 2.45) is 0 Å². The second-order valence-electron chi connectivity index (χ2n) is 7.72. The maximum Gasteiger partial charge on any atom is 0.244 e. The molecule has 0 unspecified atom stereocenters. The van der Waals surface area contributed by atoms with Gasteiger partial charge in [0.25, 0.3) is 0 Å². The number of hydrogen-bond donors (Lipinski definition) is 1. The lowest BCUT2D eigenvalue weighted by Gasteiger charge is -2.22. The third-order valence-electron chi connectivity index (χ3n) is 5.45. The van der Waals surface area contributed by atoms with Gasteiger partial charge in [-0.1, -0.05) is 31.0 Å². The van der Waals surface area contributed by atoms with Gasteiger partial charge in [-0.15, -0.1) is 0 Å². The molecule has 1 N–H and O–H groups in total. The Morgan fingerprint density at radius 2 is 1.69 bits per heavy atom. The number of nitrogens with zero attached hydrogens (tertiary/aromatic N) is 1. The summed E-state index contributed by atoms with van der Waals surface area (Å²) in [5.41, 5.74) is 3.41. The number of sulfonamides is 1. The van der Waals surface area contributed by atoms with Crippen LogP contribution in [-0.4, -0.2) is 35.2 Å². The number of hydrogen-bond acceptors (Lipinski definition) is 4. The summed E-state index contributed by atoms with van der Waals surface area (Å²) < 4.78 is 33.2. The summed E-state index contributed by atoms with van der Waals surface area (Å²) in [5, 5.41) is 0.